The molecule has 5 nitrogen and oxygen atoms in total. The van der Waals surface area contributed by atoms with Crippen LogP contribution in [0, 0.1) is 0 Å². The molecule has 0 aliphatic heterocycles. The first-order valence-corrected chi connectivity index (χ1v) is 6.40. The van der Waals surface area contributed by atoms with Gasteiger partial charge < -0.3 is 5.32 Å². The highest BCUT2D eigenvalue weighted by atomic mass is 79.9. The molecule has 2 rings (SSSR count). The molecule has 0 amide bonds. The van der Waals surface area contributed by atoms with E-state index in [0.717, 1.165) is 0 Å². The summed E-state index contributed by atoms with van der Waals surface area (Å²) in [6.07, 6.45) is 0. The van der Waals surface area contributed by atoms with E-state index in [4.69, 9.17) is 0 Å². The van der Waals surface area contributed by atoms with Crippen LogP contribution >= 0.6 is 15.9 Å². The molecule has 0 radical (unpaired) electrons. The summed E-state index contributed by atoms with van der Waals surface area (Å²) >= 11 is 3.36. The number of nitrogens with zero attached hydrogens (tertiary/aromatic N) is 2. The average Bonchev–Trinajstić information content (AvgIpc) is 2.36. The number of halogens is 1. The Morgan fingerprint density at radius 2 is 2.06 bits per heavy atom. The number of benzene rings is 1. The molecule has 0 fully saturated rings. The molecule has 6 heteroatoms. The van der Waals surface area contributed by atoms with Gasteiger partial charge in [-0.3, -0.25) is 13.9 Å². The molecule has 1 aromatic carbocycles. The highest BCUT2D eigenvalue weighted by Gasteiger charge is 2.12. The van der Waals surface area contributed by atoms with E-state index in [1.165, 1.54) is 9.13 Å². The van der Waals surface area contributed by atoms with Crippen molar-refractivity contribution in [3.8, 4) is 0 Å². The number of hydrogen-bond donors (Lipinski definition) is 1. The van der Waals surface area contributed by atoms with Crippen LogP contribution in [0.3, 0.4) is 0 Å². The van der Waals surface area contributed by atoms with Crippen molar-refractivity contribution in [2.24, 2.45) is 7.05 Å². The van der Waals surface area contributed by atoms with Gasteiger partial charge >= 0.3 is 5.69 Å². The Kier molecular flexibility index (Phi) is 3.68. The highest BCUT2D eigenvalue weighted by Crippen LogP contribution is 2.18. The number of likely N-dealkylation sites (N-methyl/N-ethyl adjacent to an activating group) is 1. The van der Waals surface area contributed by atoms with Crippen LogP contribution in [0.4, 0.5) is 0 Å². The molecule has 0 bridgehead atoms. The Bertz CT molecular complexity index is 703. The maximum atomic E-state index is 12.3. The Hall–Kier alpha value is -1.40. The van der Waals surface area contributed by atoms with Crippen molar-refractivity contribution in [2.45, 2.75) is 6.54 Å². The summed E-state index contributed by atoms with van der Waals surface area (Å²) in [4.78, 5) is 24.4. The molecule has 0 saturated heterocycles. The molecular formula is C12H14BrN3O2. The summed E-state index contributed by atoms with van der Waals surface area (Å²) in [6.45, 7) is 0.935. The SMILES string of the molecule is CNCCn1c(=O)c2c(Br)cccc2n(C)c1=O. The smallest absolute Gasteiger partial charge is 0.318 e. The van der Waals surface area contributed by atoms with E-state index in [0.29, 0.717) is 28.5 Å². The lowest BCUT2D eigenvalue weighted by atomic mass is 10.2. The van der Waals surface area contributed by atoms with Crippen LogP contribution in [-0.4, -0.2) is 22.7 Å². The third-order valence-corrected chi connectivity index (χ3v) is 3.58. The molecule has 0 atom stereocenters. The quantitative estimate of drug-likeness (QED) is 0.907. The number of nitrogens with one attached hydrogen (secondary N) is 1. The van der Waals surface area contributed by atoms with E-state index in [2.05, 4.69) is 21.2 Å². The van der Waals surface area contributed by atoms with Crippen LogP contribution < -0.4 is 16.6 Å². The topological polar surface area (TPSA) is 56.0 Å². The fourth-order valence-corrected chi connectivity index (χ4v) is 2.46. The van der Waals surface area contributed by atoms with Crippen LogP contribution in [0.5, 0.6) is 0 Å². The molecule has 96 valence electrons. The van der Waals surface area contributed by atoms with Gasteiger partial charge in [0.2, 0.25) is 0 Å². The van der Waals surface area contributed by atoms with Crippen molar-refractivity contribution in [2.75, 3.05) is 13.6 Å². The largest absolute Gasteiger partial charge is 0.331 e. The number of aromatic nitrogens is 2. The predicted molar refractivity (Wildman–Crippen MR) is 75.1 cm³/mol. The van der Waals surface area contributed by atoms with Crippen LogP contribution in [0.2, 0.25) is 0 Å². The maximum absolute atomic E-state index is 12.3. The first kappa shape index (κ1) is 13.0. The van der Waals surface area contributed by atoms with Crippen molar-refractivity contribution in [1.82, 2.24) is 14.5 Å². The lowest BCUT2D eigenvalue weighted by molar-refractivity contribution is 0.579. The lowest BCUT2D eigenvalue weighted by Gasteiger charge is -2.11. The van der Waals surface area contributed by atoms with Crippen molar-refractivity contribution in [3.63, 3.8) is 0 Å². The second-order valence-corrected chi connectivity index (χ2v) is 4.89. The van der Waals surface area contributed by atoms with E-state index < -0.39 is 0 Å². The third-order valence-electron chi connectivity index (χ3n) is 2.92. The molecular weight excluding hydrogens is 298 g/mol. The first-order chi connectivity index (χ1) is 8.57. The minimum atomic E-state index is -0.291. The minimum absolute atomic E-state index is 0.254. The van der Waals surface area contributed by atoms with Crippen molar-refractivity contribution in [3.05, 3.63) is 43.5 Å². The summed E-state index contributed by atoms with van der Waals surface area (Å²) in [5.74, 6) is 0. The molecule has 18 heavy (non-hydrogen) atoms. The van der Waals surface area contributed by atoms with Crippen LogP contribution in [-0.2, 0) is 13.6 Å². The minimum Gasteiger partial charge on any atom is -0.318 e. The molecule has 0 spiro atoms. The summed E-state index contributed by atoms with van der Waals surface area (Å²) in [6, 6.07) is 5.38. The normalized spacial score (nSPS) is 11.1. The molecule has 1 heterocycles. The number of hydrogen-bond acceptors (Lipinski definition) is 3. The molecule has 1 N–H and O–H groups in total. The van der Waals surface area contributed by atoms with Crippen LogP contribution in [0.15, 0.2) is 32.3 Å². The van der Waals surface area contributed by atoms with Gasteiger partial charge in [0.1, 0.15) is 0 Å². The monoisotopic (exact) mass is 311 g/mol. The zero-order chi connectivity index (χ0) is 13.3. The predicted octanol–water partition coefficient (Wildman–Crippen LogP) is 0.682. The summed E-state index contributed by atoms with van der Waals surface area (Å²) in [7, 11) is 3.46. The van der Waals surface area contributed by atoms with Crippen molar-refractivity contribution >= 4 is 26.8 Å². The van der Waals surface area contributed by atoms with Crippen molar-refractivity contribution in [1.29, 1.82) is 0 Å². The molecule has 0 aliphatic rings. The lowest BCUT2D eigenvalue weighted by Crippen LogP contribution is -2.41. The standard InChI is InChI=1S/C12H14BrN3O2/c1-14-6-7-16-11(17)10-8(13)4-3-5-9(10)15(2)12(16)18/h3-5,14H,6-7H2,1-2H3. The Morgan fingerprint density at radius 1 is 1.33 bits per heavy atom. The summed E-state index contributed by atoms with van der Waals surface area (Å²) < 4.78 is 3.46. The fourth-order valence-electron chi connectivity index (χ4n) is 1.93. The number of aryl methyl sites for hydroxylation is 1. The van der Waals surface area contributed by atoms with Gasteiger partial charge in [-0.05, 0) is 35.1 Å². The summed E-state index contributed by atoms with van der Waals surface area (Å²) in [5, 5.41) is 3.47. The molecule has 0 unspecified atom stereocenters. The van der Waals surface area contributed by atoms with Gasteiger partial charge in [0.15, 0.2) is 0 Å². The van der Waals surface area contributed by atoms with Crippen molar-refractivity contribution < 1.29 is 0 Å². The van der Waals surface area contributed by atoms with Crippen LogP contribution in [0.25, 0.3) is 10.9 Å². The Balaban J connectivity index is 2.86. The van der Waals surface area contributed by atoms with Gasteiger partial charge in [0.25, 0.3) is 5.56 Å². The highest BCUT2D eigenvalue weighted by molar-refractivity contribution is 9.10. The van der Waals surface area contributed by atoms with Gasteiger partial charge in [-0.25, -0.2) is 4.79 Å². The number of rotatable bonds is 3. The number of fused-ring (bicyclic) bond motifs is 1. The first-order valence-electron chi connectivity index (χ1n) is 5.60. The Labute approximate surface area is 112 Å². The van der Waals surface area contributed by atoms with E-state index in [1.54, 1.807) is 26.2 Å². The third kappa shape index (κ3) is 2.02. The van der Waals surface area contributed by atoms with Crippen LogP contribution in [0.1, 0.15) is 0 Å². The molecule has 2 aromatic rings. The van der Waals surface area contributed by atoms with Gasteiger partial charge in [-0.1, -0.05) is 6.07 Å². The molecule has 1 aromatic heterocycles. The van der Waals surface area contributed by atoms with Gasteiger partial charge in [0.05, 0.1) is 10.9 Å². The molecule has 0 saturated carbocycles. The molecule has 0 aliphatic carbocycles. The van der Waals surface area contributed by atoms with E-state index >= 15 is 0 Å². The van der Waals surface area contributed by atoms with E-state index in [1.807, 2.05) is 6.07 Å². The summed E-state index contributed by atoms with van der Waals surface area (Å²) in [5.41, 5.74) is 0.0942. The second-order valence-electron chi connectivity index (χ2n) is 4.04. The zero-order valence-electron chi connectivity index (χ0n) is 10.2. The van der Waals surface area contributed by atoms with Gasteiger partial charge in [-0.15, -0.1) is 0 Å². The maximum Gasteiger partial charge on any atom is 0.331 e. The average molecular weight is 312 g/mol. The van der Waals surface area contributed by atoms with Gasteiger partial charge in [0, 0.05) is 24.6 Å². The fraction of sp³-hybridized carbons (Fsp3) is 0.333. The van der Waals surface area contributed by atoms with Gasteiger partial charge in [-0.2, -0.15) is 0 Å². The Morgan fingerprint density at radius 3 is 2.72 bits per heavy atom. The zero-order valence-corrected chi connectivity index (χ0v) is 11.8. The van der Waals surface area contributed by atoms with E-state index in [-0.39, 0.29) is 11.2 Å². The second kappa shape index (κ2) is 5.07. The van der Waals surface area contributed by atoms with E-state index in [9.17, 15) is 9.59 Å².